The van der Waals surface area contributed by atoms with Gasteiger partial charge in [0.15, 0.2) is 0 Å². The van der Waals surface area contributed by atoms with Crippen LogP contribution < -0.4 is 15.4 Å². The summed E-state index contributed by atoms with van der Waals surface area (Å²) in [6, 6.07) is 9.63. The minimum atomic E-state index is -0.172. The summed E-state index contributed by atoms with van der Waals surface area (Å²) < 4.78 is 11.6. The second kappa shape index (κ2) is 7.33. The van der Waals surface area contributed by atoms with E-state index >= 15 is 0 Å². The molecule has 136 valence electrons. The van der Waals surface area contributed by atoms with Crippen molar-refractivity contribution in [3.05, 3.63) is 59.4 Å². The van der Waals surface area contributed by atoms with Crippen LogP contribution in [-0.2, 0) is 4.74 Å². The number of urea groups is 1. The highest BCUT2D eigenvalue weighted by molar-refractivity contribution is 5.75. The summed E-state index contributed by atoms with van der Waals surface area (Å²) in [7, 11) is 0. The van der Waals surface area contributed by atoms with E-state index in [2.05, 4.69) is 15.6 Å². The van der Waals surface area contributed by atoms with Crippen LogP contribution in [0.3, 0.4) is 0 Å². The van der Waals surface area contributed by atoms with Crippen molar-refractivity contribution in [1.29, 1.82) is 0 Å². The standard InChI is InChI=1S/C20H23N3O3/c1-13-4-2-6-15-16(7-10-25-18(13)15)22-20(24)23-17-8-11-26-19(17)14-5-3-9-21-12-14/h2-6,9,12,16-17,19H,7-8,10-11H2,1H3,(H2,22,23,24)/t16-,17-,19+/m1/s1. The molecule has 1 aromatic heterocycles. The summed E-state index contributed by atoms with van der Waals surface area (Å²) >= 11 is 0. The lowest BCUT2D eigenvalue weighted by Gasteiger charge is -2.29. The molecule has 3 heterocycles. The van der Waals surface area contributed by atoms with Gasteiger partial charge in [0.05, 0.1) is 18.7 Å². The number of carbonyl (C=O) groups is 1. The summed E-state index contributed by atoms with van der Waals surface area (Å²) in [6.45, 7) is 3.26. The Kier molecular flexibility index (Phi) is 4.75. The van der Waals surface area contributed by atoms with E-state index in [1.807, 2.05) is 37.3 Å². The molecule has 0 radical (unpaired) electrons. The van der Waals surface area contributed by atoms with Crippen molar-refractivity contribution >= 4 is 6.03 Å². The monoisotopic (exact) mass is 353 g/mol. The molecule has 2 aromatic rings. The van der Waals surface area contributed by atoms with Gasteiger partial charge in [0.2, 0.25) is 0 Å². The fourth-order valence-corrected chi connectivity index (χ4v) is 3.71. The normalized spacial score (nSPS) is 24.4. The summed E-state index contributed by atoms with van der Waals surface area (Å²) in [6.07, 6.45) is 4.92. The molecule has 2 N–H and O–H groups in total. The van der Waals surface area contributed by atoms with Crippen molar-refractivity contribution < 1.29 is 14.3 Å². The van der Waals surface area contributed by atoms with Gasteiger partial charge in [-0.3, -0.25) is 4.98 Å². The maximum absolute atomic E-state index is 12.6. The van der Waals surface area contributed by atoms with Gasteiger partial charge in [-0.05, 0) is 25.0 Å². The van der Waals surface area contributed by atoms with E-state index in [-0.39, 0.29) is 24.2 Å². The fourth-order valence-electron chi connectivity index (χ4n) is 3.71. The summed E-state index contributed by atoms with van der Waals surface area (Å²) in [5, 5.41) is 6.18. The molecule has 2 aliphatic heterocycles. The lowest BCUT2D eigenvalue weighted by atomic mass is 9.98. The Hall–Kier alpha value is -2.60. The molecule has 1 saturated heterocycles. The molecule has 0 unspecified atom stereocenters. The molecular formula is C20H23N3O3. The van der Waals surface area contributed by atoms with Crippen molar-refractivity contribution in [3.8, 4) is 5.75 Å². The smallest absolute Gasteiger partial charge is 0.315 e. The highest BCUT2D eigenvalue weighted by Gasteiger charge is 2.32. The molecule has 2 aliphatic rings. The first-order chi connectivity index (χ1) is 12.7. The Balaban J connectivity index is 1.43. The maximum Gasteiger partial charge on any atom is 0.315 e. The minimum Gasteiger partial charge on any atom is -0.493 e. The van der Waals surface area contributed by atoms with Gasteiger partial charge in [0, 0.05) is 36.5 Å². The Bertz CT molecular complexity index is 781. The van der Waals surface area contributed by atoms with Crippen molar-refractivity contribution in [2.75, 3.05) is 13.2 Å². The topological polar surface area (TPSA) is 72.5 Å². The zero-order chi connectivity index (χ0) is 17.9. The predicted molar refractivity (Wildman–Crippen MR) is 97.0 cm³/mol. The molecule has 0 aliphatic carbocycles. The van der Waals surface area contributed by atoms with E-state index in [0.717, 1.165) is 35.3 Å². The Labute approximate surface area is 152 Å². The third-order valence-electron chi connectivity index (χ3n) is 5.00. The van der Waals surface area contributed by atoms with E-state index < -0.39 is 0 Å². The van der Waals surface area contributed by atoms with Gasteiger partial charge in [-0.1, -0.05) is 24.3 Å². The highest BCUT2D eigenvalue weighted by atomic mass is 16.5. The number of nitrogens with zero attached hydrogens (tertiary/aromatic N) is 1. The number of aromatic nitrogens is 1. The molecule has 4 rings (SSSR count). The number of amides is 2. The molecular weight excluding hydrogens is 330 g/mol. The molecule has 2 amide bonds. The second-order valence-corrected chi connectivity index (χ2v) is 6.77. The number of fused-ring (bicyclic) bond motifs is 1. The van der Waals surface area contributed by atoms with Crippen molar-refractivity contribution in [2.24, 2.45) is 0 Å². The number of rotatable bonds is 3. The molecule has 6 heteroatoms. The summed E-state index contributed by atoms with van der Waals surface area (Å²) in [5.74, 6) is 0.890. The van der Waals surface area contributed by atoms with Gasteiger partial charge < -0.3 is 20.1 Å². The SMILES string of the molecule is Cc1cccc2c1OCC[C@H]2NC(=O)N[C@@H]1CCO[C@H]1c1cccnc1. The van der Waals surface area contributed by atoms with E-state index in [0.29, 0.717) is 13.2 Å². The number of para-hydroxylation sites is 1. The van der Waals surface area contributed by atoms with Crippen LogP contribution in [0.2, 0.25) is 0 Å². The van der Waals surface area contributed by atoms with Crippen molar-refractivity contribution in [2.45, 2.75) is 38.0 Å². The number of aryl methyl sites for hydroxylation is 1. The van der Waals surface area contributed by atoms with Crippen LogP contribution in [0.1, 0.15) is 41.7 Å². The molecule has 26 heavy (non-hydrogen) atoms. The minimum absolute atomic E-state index is 0.0437. The molecule has 1 fully saturated rings. The molecule has 3 atom stereocenters. The van der Waals surface area contributed by atoms with Crippen LogP contribution in [0.25, 0.3) is 0 Å². The molecule has 1 aromatic carbocycles. The van der Waals surface area contributed by atoms with Crippen LogP contribution in [-0.4, -0.2) is 30.3 Å². The number of nitrogens with one attached hydrogen (secondary N) is 2. The summed E-state index contributed by atoms with van der Waals surface area (Å²) in [4.78, 5) is 16.8. The maximum atomic E-state index is 12.6. The third kappa shape index (κ3) is 3.37. The van der Waals surface area contributed by atoms with Gasteiger partial charge in [-0.25, -0.2) is 4.79 Å². The zero-order valence-electron chi connectivity index (χ0n) is 14.8. The highest BCUT2D eigenvalue weighted by Crippen LogP contribution is 2.34. The number of hydrogen-bond acceptors (Lipinski definition) is 4. The van der Waals surface area contributed by atoms with Crippen LogP contribution >= 0.6 is 0 Å². The number of benzene rings is 1. The van der Waals surface area contributed by atoms with Crippen LogP contribution in [0, 0.1) is 6.92 Å². The Morgan fingerprint density at radius 1 is 1.15 bits per heavy atom. The van der Waals surface area contributed by atoms with Gasteiger partial charge in [0.25, 0.3) is 0 Å². The first-order valence-electron chi connectivity index (χ1n) is 9.03. The van der Waals surface area contributed by atoms with Gasteiger partial charge >= 0.3 is 6.03 Å². The second-order valence-electron chi connectivity index (χ2n) is 6.77. The first-order valence-corrected chi connectivity index (χ1v) is 9.03. The number of pyridine rings is 1. The number of hydrogen-bond donors (Lipinski definition) is 2. The first kappa shape index (κ1) is 16.8. The summed E-state index contributed by atoms with van der Waals surface area (Å²) in [5.41, 5.74) is 3.12. The van der Waals surface area contributed by atoms with Gasteiger partial charge in [-0.2, -0.15) is 0 Å². The molecule has 6 nitrogen and oxygen atoms in total. The average Bonchev–Trinajstić information content (AvgIpc) is 3.11. The largest absolute Gasteiger partial charge is 0.493 e. The van der Waals surface area contributed by atoms with Crippen molar-refractivity contribution in [1.82, 2.24) is 15.6 Å². The van der Waals surface area contributed by atoms with Gasteiger partial charge in [0.1, 0.15) is 11.9 Å². The third-order valence-corrected chi connectivity index (χ3v) is 5.00. The number of ether oxygens (including phenoxy) is 2. The van der Waals surface area contributed by atoms with E-state index in [9.17, 15) is 4.79 Å². The van der Waals surface area contributed by atoms with Gasteiger partial charge in [-0.15, -0.1) is 0 Å². The molecule has 0 saturated carbocycles. The fraction of sp³-hybridized carbons (Fsp3) is 0.400. The lowest BCUT2D eigenvalue weighted by Crippen LogP contribution is -2.45. The van der Waals surface area contributed by atoms with Crippen LogP contribution in [0.4, 0.5) is 4.79 Å². The van der Waals surface area contributed by atoms with E-state index in [1.165, 1.54) is 0 Å². The van der Waals surface area contributed by atoms with Crippen molar-refractivity contribution in [3.63, 3.8) is 0 Å². The van der Waals surface area contributed by atoms with Crippen LogP contribution in [0.5, 0.6) is 5.75 Å². The molecule has 0 spiro atoms. The zero-order valence-corrected chi connectivity index (χ0v) is 14.8. The quantitative estimate of drug-likeness (QED) is 0.890. The van der Waals surface area contributed by atoms with E-state index in [4.69, 9.17) is 9.47 Å². The predicted octanol–water partition coefficient (Wildman–Crippen LogP) is 3.04. The van der Waals surface area contributed by atoms with E-state index in [1.54, 1.807) is 12.4 Å². The Morgan fingerprint density at radius 3 is 2.92 bits per heavy atom. The lowest BCUT2D eigenvalue weighted by molar-refractivity contribution is 0.0994. The molecule has 0 bridgehead atoms. The average molecular weight is 353 g/mol. The van der Waals surface area contributed by atoms with Crippen LogP contribution in [0.15, 0.2) is 42.7 Å². The number of carbonyl (C=O) groups excluding carboxylic acids is 1. The Morgan fingerprint density at radius 2 is 2.08 bits per heavy atom.